The molecule has 0 fully saturated rings. The second-order valence-corrected chi connectivity index (χ2v) is 3.80. The van der Waals surface area contributed by atoms with Crippen molar-refractivity contribution in [3.63, 3.8) is 0 Å². The van der Waals surface area contributed by atoms with Crippen molar-refractivity contribution < 1.29 is 9.90 Å². The lowest BCUT2D eigenvalue weighted by Crippen LogP contribution is -2.19. The van der Waals surface area contributed by atoms with Crippen LogP contribution < -0.4 is 0 Å². The van der Waals surface area contributed by atoms with Crippen molar-refractivity contribution in [3.05, 3.63) is 52.9 Å². The fraction of sp³-hybridized carbons (Fsp3) is 0.154. The van der Waals surface area contributed by atoms with Gasteiger partial charge in [0.25, 0.3) is 0 Å². The zero-order chi connectivity index (χ0) is 12.3. The minimum Gasteiger partial charge on any atom is -0.480 e. The van der Waals surface area contributed by atoms with Gasteiger partial charge in [0.05, 0.1) is 0 Å². The molecule has 0 bridgehead atoms. The largest absolute Gasteiger partial charge is 0.480 e. The molecule has 2 aromatic carbocycles. The Balaban J connectivity index is 2.42. The number of aliphatic carboxylic acids is 1. The normalized spacial score (nSPS) is 12.2. The predicted octanol–water partition coefficient (Wildman–Crippen LogP) is 2.60. The standard InChI is InChI=1S/C13H11NO3/c15-13(16)12(14-17)8-10-6-3-5-9-4-1-2-7-11(9)10/h1-7,12H,8H2,(H,15,16)/t12-/m0/s1. The summed E-state index contributed by atoms with van der Waals surface area (Å²) < 4.78 is 0. The lowest BCUT2D eigenvalue weighted by Gasteiger charge is -2.07. The smallest absolute Gasteiger partial charge is 0.332 e. The molecule has 0 aliphatic carbocycles. The van der Waals surface area contributed by atoms with Gasteiger partial charge in [0.1, 0.15) is 0 Å². The minimum atomic E-state index is -1.22. The van der Waals surface area contributed by atoms with Crippen LogP contribution in [0.5, 0.6) is 0 Å². The average Bonchev–Trinajstić information content (AvgIpc) is 2.35. The number of hydrogen-bond acceptors (Lipinski definition) is 3. The summed E-state index contributed by atoms with van der Waals surface area (Å²) >= 11 is 0. The Morgan fingerprint density at radius 2 is 1.88 bits per heavy atom. The Morgan fingerprint density at radius 3 is 2.59 bits per heavy atom. The van der Waals surface area contributed by atoms with E-state index >= 15 is 0 Å². The third kappa shape index (κ3) is 2.30. The molecule has 1 atom stereocenters. The summed E-state index contributed by atoms with van der Waals surface area (Å²) in [6.45, 7) is 0. The highest BCUT2D eigenvalue weighted by Crippen LogP contribution is 2.20. The van der Waals surface area contributed by atoms with Crippen LogP contribution in [0.2, 0.25) is 0 Å². The molecular formula is C13H11NO3. The molecule has 0 amide bonds. The predicted molar refractivity (Wildman–Crippen MR) is 64.9 cm³/mol. The van der Waals surface area contributed by atoms with Gasteiger partial charge in [0, 0.05) is 6.42 Å². The van der Waals surface area contributed by atoms with E-state index in [9.17, 15) is 9.70 Å². The molecule has 0 aliphatic heterocycles. The molecule has 2 rings (SSSR count). The van der Waals surface area contributed by atoms with E-state index in [1.165, 1.54) is 0 Å². The number of rotatable bonds is 4. The van der Waals surface area contributed by atoms with Crippen LogP contribution in [0.4, 0.5) is 0 Å². The second kappa shape index (κ2) is 4.74. The summed E-state index contributed by atoms with van der Waals surface area (Å²) in [6, 6.07) is 12.1. The molecule has 1 N–H and O–H groups in total. The highest BCUT2D eigenvalue weighted by molar-refractivity contribution is 5.86. The van der Waals surface area contributed by atoms with E-state index in [0.29, 0.717) is 0 Å². The fourth-order valence-corrected chi connectivity index (χ4v) is 1.85. The number of carboxylic acid groups (broad SMARTS) is 1. The first kappa shape index (κ1) is 11.3. The van der Waals surface area contributed by atoms with Crippen LogP contribution in [-0.2, 0) is 11.2 Å². The van der Waals surface area contributed by atoms with Crippen molar-refractivity contribution in [2.45, 2.75) is 12.5 Å². The van der Waals surface area contributed by atoms with Crippen molar-refractivity contribution in [2.24, 2.45) is 5.18 Å². The number of hydrogen-bond donors (Lipinski definition) is 1. The van der Waals surface area contributed by atoms with E-state index in [1.807, 2.05) is 42.5 Å². The molecule has 17 heavy (non-hydrogen) atoms. The van der Waals surface area contributed by atoms with E-state index in [1.54, 1.807) is 0 Å². The number of nitroso groups, excluding NO2 is 1. The maximum Gasteiger partial charge on any atom is 0.332 e. The lowest BCUT2D eigenvalue weighted by atomic mass is 9.99. The van der Waals surface area contributed by atoms with Crippen molar-refractivity contribution in [2.75, 3.05) is 0 Å². The van der Waals surface area contributed by atoms with Crippen LogP contribution >= 0.6 is 0 Å². The summed E-state index contributed by atoms with van der Waals surface area (Å²) in [6.07, 6.45) is 0.125. The monoisotopic (exact) mass is 229 g/mol. The van der Waals surface area contributed by atoms with Crippen molar-refractivity contribution in [1.82, 2.24) is 0 Å². The van der Waals surface area contributed by atoms with E-state index in [0.717, 1.165) is 16.3 Å². The summed E-state index contributed by atoms with van der Waals surface area (Å²) in [5, 5.41) is 13.4. The summed E-state index contributed by atoms with van der Waals surface area (Å²) in [5.41, 5.74) is 0.829. The minimum absolute atomic E-state index is 0.125. The topological polar surface area (TPSA) is 66.7 Å². The Bertz CT molecular complexity index is 560. The molecule has 0 spiro atoms. The van der Waals surface area contributed by atoms with Gasteiger partial charge in [0.15, 0.2) is 6.04 Å². The first-order valence-corrected chi connectivity index (χ1v) is 5.24. The number of benzene rings is 2. The van der Waals surface area contributed by atoms with Gasteiger partial charge in [-0.1, -0.05) is 47.6 Å². The van der Waals surface area contributed by atoms with Crippen LogP contribution in [0.15, 0.2) is 47.6 Å². The van der Waals surface area contributed by atoms with Crippen molar-refractivity contribution >= 4 is 16.7 Å². The van der Waals surface area contributed by atoms with Gasteiger partial charge >= 0.3 is 5.97 Å². The Kier molecular flexibility index (Phi) is 3.14. The summed E-state index contributed by atoms with van der Waals surface area (Å²) in [4.78, 5) is 21.2. The van der Waals surface area contributed by atoms with Crippen LogP contribution in [0.1, 0.15) is 5.56 Å². The zero-order valence-corrected chi connectivity index (χ0v) is 9.04. The van der Waals surface area contributed by atoms with Gasteiger partial charge in [-0.25, -0.2) is 4.79 Å². The molecule has 0 saturated heterocycles. The molecule has 0 aliphatic rings. The van der Waals surface area contributed by atoms with E-state index in [4.69, 9.17) is 5.11 Å². The third-order valence-electron chi connectivity index (χ3n) is 2.71. The molecule has 4 heteroatoms. The molecule has 0 radical (unpaired) electrons. The molecule has 0 saturated carbocycles. The van der Waals surface area contributed by atoms with Gasteiger partial charge in [-0.3, -0.25) is 0 Å². The number of carboxylic acids is 1. The first-order chi connectivity index (χ1) is 8.22. The average molecular weight is 229 g/mol. The van der Waals surface area contributed by atoms with Gasteiger partial charge in [-0.2, -0.15) is 0 Å². The second-order valence-electron chi connectivity index (χ2n) is 3.80. The van der Waals surface area contributed by atoms with E-state index in [2.05, 4.69) is 5.18 Å². The molecule has 4 nitrogen and oxygen atoms in total. The highest BCUT2D eigenvalue weighted by Gasteiger charge is 2.19. The van der Waals surface area contributed by atoms with Crippen LogP contribution in [0, 0.1) is 4.91 Å². The Morgan fingerprint density at radius 1 is 1.18 bits per heavy atom. The van der Waals surface area contributed by atoms with Crippen LogP contribution in [-0.4, -0.2) is 17.1 Å². The van der Waals surface area contributed by atoms with Gasteiger partial charge in [-0.15, -0.1) is 4.91 Å². The van der Waals surface area contributed by atoms with Crippen molar-refractivity contribution in [1.29, 1.82) is 0 Å². The number of carbonyl (C=O) groups is 1. The zero-order valence-electron chi connectivity index (χ0n) is 9.04. The Labute approximate surface area is 97.9 Å². The molecule has 0 unspecified atom stereocenters. The van der Waals surface area contributed by atoms with Crippen LogP contribution in [0.25, 0.3) is 10.8 Å². The summed E-state index contributed by atoms with van der Waals surface area (Å²) in [5.74, 6) is -1.19. The third-order valence-corrected chi connectivity index (χ3v) is 2.71. The van der Waals surface area contributed by atoms with Gasteiger partial charge < -0.3 is 5.11 Å². The molecule has 0 aromatic heterocycles. The molecule has 86 valence electrons. The highest BCUT2D eigenvalue weighted by atomic mass is 16.4. The van der Waals surface area contributed by atoms with E-state index in [-0.39, 0.29) is 6.42 Å². The lowest BCUT2D eigenvalue weighted by molar-refractivity contribution is -0.138. The molecule has 0 heterocycles. The Hall–Kier alpha value is -2.23. The van der Waals surface area contributed by atoms with Crippen molar-refractivity contribution in [3.8, 4) is 0 Å². The maximum absolute atomic E-state index is 10.8. The number of nitrogens with zero attached hydrogens (tertiary/aromatic N) is 1. The van der Waals surface area contributed by atoms with Gasteiger partial charge in [-0.05, 0) is 16.3 Å². The molecular weight excluding hydrogens is 218 g/mol. The van der Waals surface area contributed by atoms with Crippen LogP contribution in [0.3, 0.4) is 0 Å². The SMILES string of the molecule is O=N[C@@H](Cc1cccc2ccccc12)C(=O)O. The first-order valence-electron chi connectivity index (χ1n) is 5.24. The number of fused-ring (bicyclic) bond motifs is 1. The quantitative estimate of drug-likeness (QED) is 0.819. The fourth-order valence-electron chi connectivity index (χ4n) is 1.85. The molecule has 2 aromatic rings. The maximum atomic E-state index is 10.8. The summed E-state index contributed by atoms with van der Waals surface area (Å²) in [7, 11) is 0. The van der Waals surface area contributed by atoms with E-state index < -0.39 is 12.0 Å². The van der Waals surface area contributed by atoms with Gasteiger partial charge in [0.2, 0.25) is 0 Å².